The number of methoxy groups -OCH3 is 1. The van der Waals surface area contributed by atoms with Gasteiger partial charge < -0.3 is 19.1 Å². The minimum atomic E-state index is -4.45. The third-order valence-corrected chi connectivity index (χ3v) is 4.81. The topological polar surface area (TPSA) is 60.7 Å². The molecule has 4 rings (SSSR count). The van der Waals surface area contributed by atoms with Crippen LogP contribution >= 0.6 is 0 Å². The molecule has 30 heavy (non-hydrogen) atoms. The number of alkyl halides is 3. The molecule has 4 aromatic rings. The molecule has 8 heteroatoms. The second kappa shape index (κ2) is 7.29. The van der Waals surface area contributed by atoms with E-state index in [1.54, 1.807) is 41.0 Å². The molecule has 0 spiro atoms. The molecule has 3 aromatic carbocycles. The summed E-state index contributed by atoms with van der Waals surface area (Å²) in [6, 6.07) is 14.9. The number of ether oxygens (including phenoxy) is 2. The normalized spacial score (nSPS) is 11.7. The lowest BCUT2D eigenvalue weighted by atomic mass is 10.1. The fourth-order valence-electron chi connectivity index (χ4n) is 3.55. The number of halogens is 3. The van der Waals surface area contributed by atoms with Gasteiger partial charge >= 0.3 is 12.3 Å². The van der Waals surface area contributed by atoms with Crippen molar-refractivity contribution in [3.05, 3.63) is 71.8 Å². The van der Waals surface area contributed by atoms with Crippen molar-refractivity contribution in [3.63, 3.8) is 0 Å². The number of fused-ring (bicyclic) bond motifs is 3. The molecule has 1 N–H and O–H groups in total. The van der Waals surface area contributed by atoms with Gasteiger partial charge in [-0.05, 0) is 42.0 Å². The molecule has 154 valence electrons. The lowest BCUT2D eigenvalue weighted by Crippen LogP contribution is -2.08. The van der Waals surface area contributed by atoms with Gasteiger partial charge in [0.25, 0.3) is 0 Å². The number of aromatic nitrogens is 1. The quantitative estimate of drug-likeness (QED) is 0.344. The summed E-state index contributed by atoms with van der Waals surface area (Å²) in [5.74, 6) is 0.134. The van der Waals surface area contributed by atoms with Crippen molar-refractivity contribution in [2.24, 2.45) is 0 Å². The van der Waals surface area contributed by atoms with Crippen LogP contribution in [0.25, 0.3) is 21.8 Å². The Labute approximate surface area is 168 Å². The summed E-state index contributed by atoms with van der Waals surface area (Å²) in [6.45, 7) is 0.120. The highest BCUT2D eigenvalue weighted by molar-refractivity contribution is 6.14. The maximum absolute atomic E-state index is 13.1. The van der Waals surface area contributed by atoms with E-state index in [1.807, 2.05) is 0 Å². The Hall–Kier alpha value is -3.68. The highest BCUT2D eigenvalue weighted by atomic mass is 19.4. The monoisotopic (exact) mass is 415 g/mol. The second-order valence-electron chi connectivity index (χ2n) is 6.66. The third kappa shape index (κ3) is 3.41. The molecular formula is C22H16F3NO4. The Balaban J connectivity index is 1.93. The zero-order valence-electron chi connectivity index (χ0n) is 15.7. The lowest BCUT2D eigenvalue weighted by Gasteiger charge is -2.11. The number of aromatic hydroxyl groups is 1. The van der Waals surface area contributed by atoms with Crippen molar-refractivity contribution < 1.29 is 32.5 Å². The van der Waals surface area contributed by atoms with E-state index in [4.69, 9.17) is 4.74 Å². The Morgan fingerprint density at radius 1 is 1.00 bits per heavy atom. The van der Waals surface area contributed by atoms with E-state index in [1.165, 1.54) is 19.2 Å². The van der Waals surface area contributed by atoms with E-state index in [2.05, 4.69) is 4.74 Å². The minimum Gasteiger partial charge on any atom is -0.507 e. The molecule has 0 radical (unpaired) electrons. The maximum atomic E-state index is 13.1. The van der Waals surface area contributed by atoms with Crippen molar-refractivity contribution in [2.75, 3.05) is 7.11 Å². The largest absolute Gasteiger partial charge is 0.513 e. The first-order valence-corrected chi connectivity index (χ1v) is 8.94. The summed E-state index contributed by atoms with van der Waals surface area (Å²) in [7, 11) is 1.18. The average Bonchev–Trinajstić information content (AvgIpc) is 3.03. The van der Waals surface area contributed by atoms with Crippen LogP contribution < -0.4 is 4.74 Å². The molecule has 0 saturated heterocycles. The molecule has 0 aliphatic heterocycles. The number of carbonyl (C=O) groups is 1. The number of carbonyl (C=O) groups excluding carboxylic acids is 1. The number of phenolic OH excluding ortho intramolecular Hbond substituents is 1. The molecule has 0 aliphatic rings. The highest BCUT2D eigenvalue weighted by Gasteiger charge is 2.30. The van der Waals surface area contributed by atoms with Gasteiger partial charge in [-0.3, -0.25) is 0 Å². The standard InChI is InChI=1S/C22H16F3NO4/c1-29-21(28)30-18-10-4-8-16-20(18)19-15(7-3-9-17(19)27)26(16)12-13-5-2-6-14(11-13)22(23,24)25/h2-11,27H,12H2,1H3. The van der Waals surface area contributed by atoms with E-state index in [0.29, 0.717) is 27.4 Å². The Kier molecular flexibility index (Phi) is 4.77. The van der Waals surface area contributed by atoms with Crippen LogP contribution in [0, 0.1) is 0 Å². The van der Waals surface area contributed by atoms with Crippen LogP contribution in [0.15, 0.2) is 60.7 Å². The number of phenols is 1. The van der Waals surface area contributed by atoms with Crippen molar-refractivity contribution >= 4 is 28.0 Å². The van der Waals surface area contributed by atoms with E-state index in [9.17, 15) is 23.1 Å². The van der Waals surface area contributed by atoms with Gasteiger partial charge in [0, 0.05) is 6.54 Å². The lowest BCUT2D eigenvalue weighted by molar-refractivity contribution is -0.137. The first-order chi connectivity index (χ1) is 14.3. The maximum Gasteiger partial charge on any atom is 0.513 e. The first-order valence-electron chi connectivity index (χ1n) is 8.94. The van der Waals surface area contributed by atoms with Crippen molar-refractivity contribution in [1.82, 2.24) is 4.57 Å². The Morgan fingerprint density at radius 2 is 1.67 bits per heavy atom. The summed E-state index contributed by atoms with van der Waals surface area (Å²) in [6.07, 6.45) is -5.37. The smallest absolute Gasteiger partial charge is 0.507 e. The molecule has 1 aromatic heterocycles. The van der Waals surface area contributed by atoms with E-state index in [0.717, 1.165) is 12.1 Å². The molecule has 0 unspecified atom stereocenters. The molecule has 0 atom stereocenters. The van der Waals surface area contributed by atoms with Crippen LogP contribution in [0.1, 0.15) is 11.1 Å². The van der Waals surface area contributed by atoms with Crippen molar-refractivity contribution in [3.8, 4) is 11.5 Å². The summed E-state index contributed by atoms with van der Waals surface area (Å²) in [5, 5.41) is 11.4. The average molecular weight is 415 g/mol. The fourth-order valence-corrected chi connectivity index (χ4v) is 3.55. The van der Waals surface area contributed by atoms with Gasteiger partial charge in [-0.2, -0.15) is 13.2 Å². The van der Waals surface area contributed by atoms with Crippen LogP contribution in [-0.2, 0) is 17.5 Å². The molecule has 1 heterocycles. The molecular weight excluding hydrogens is 399 g/mol. The van der Waals surface area contributed by atoms with Crippen LogP contribution in [0.3, 0.4) is 0 Å². The second-order valence-corrected chi connectivity index (χ2v) is 6.66. The molecule has 0 bridgehead atoms. The van der Waals surface area contributed by atoms with Crippen molar-refractivity contribution in [1.29, 1.82) is 0 Å². The summed E-state index contributed by atoms with van der Waals surface area (Å²) >= 11 is 0. The van der Waals surface area contributed by atoms with E-state index >= 15 is 0 Å². The molecule has 0 fully saturated rings. The zero-order valence-corrected chi connectivity index (χ0v) is 15.7. The zero-order chi connectivity index (χ0) is 21.5. The molecule has 0 amide bonds. The van der Waals surface area contributed by atoms with Gasteiger partial charge in [-0.15, -0.1) is 0 Å². The van der Waals surface area contributed by atoms with Crippen molar-refractivity contribution in [2.45, 2.75) is 12.7 Å². The predicted octanol–water partition coefficient (Wildman–Crippen LogP) is 5.71. The number of hydrogen-bond acceptors (Lipinski definition) is 4. The highest BCUT2D eigenvalue weighted by Crippen LogP contribution is 2.40. The Morgan fingerprint density at radius 3 is 2.37 bits per heavy atom. The number of rotatable bonds is 3. The van der Waals surface area contributed by atoms with Gasteiger partial charge in [-0.1, -0.05) is 24.3 Å². The van der Waals surface area contributed by atoms with Gasteiger partial charge in [0.15, 0.2) is 0 Å². The Bertz CT molecular complexity index is 1260. The summed E-state index contributed by atoms with van der Waals surface area (Å²) in [4.78, 5) is 11.7. The number of nitrogens with zero attached hydrogens (tertiary/aromatic N) is 1. The predicted molar refractivity (Wildman–Crippen MR) is 105 cm³/mol. The van der Waals surface area contributed by atoms with Crippen LogP contribution in [0.4, 0.5) is 18.0 Å². The summed E-state index contributed by atoms with van der Waals surface area (Å²) in [5.41, 5.74) is 0.873. The third-order valence-electron chi connectivity index (χ3n) is 4.81. The number of hydrogen-bond donors (Lipinski definition) is 1. The molecule has 0 aliphatic carbocycles. The van der Waals surface area contributed by atoms with Gasteiger partial charge in [-0.25, -0.2) is 4.79 Å². The fraction of sp³-hybridized carbons (Fsp3) is 0.136. The van der Waals surface area contributed by atoms with Crippen LogP contribution in [0.5, 0.6) is 11.5 Å². The van der Waals surface area contributed by atoms with E-state index in [-0.39, 0.29) is 18.0 Å². The molecule has 0 saturated carbocycles. The summed E-state index contributed by atoms with van der Waals surface area (Å²) < 4.78 is 50.9. The van der Waals surface area contributed by atoms with Crippen LogP contribution in [-0.4, -0.2) is 22.9 Å². The molecule has 5 nitrogen and oxygen atoms in total. The minimum absolute atomic E-state index is 0.0405. The first kappa shape index (κ1) is 19.6. The SMILES string of the molecule is COC(=O)Oc1cccc2c1c1c(O)cccc1n2Cc1cccc(C(F)(F)F)c1. The van der Waals surface area contributed by atoms with Gasteiger partial charge in [0.2, 0.25) is 0 Å². The van der Waals surface area contributed by atoms with Crippen LogP contribution in [0.2, 0.25) is 0 Å². The van der Waals surface area contributed by atoms with Gasteiger partial charge in [0.1, 0.15) is 11.5 Å². The van der Waals surface area contributed by atoms with Gasteiger partial charge in [0.05, 0.1) is 34.5 Å². The van der Waals surface area contributed by atoms with E-state index < -0.39 is 17.9 Å². The number of benzene rings is 3.